The molecule has 0 bridgehead atoms. The third kappa shape index (κ3) is 3.28. The number of hydrogen-bond acceptors (Lipinski definition) is 2. The monoisotopic (exact) mass is 280 g/mol. The van der Waals surface area contributed by atoms with Crippen molar-refractivity contribution in [1.29, 1.82) is 0 Å². The molecule has 2 saturated carbocycles. The van der Waals surface area contributed by atoms with Crippen LogP contribution in [0.25, 0.3) is 0 Å². The van der Waals surface area contributed by atoms with E-state index in [1.54, 1.807) is 0 Å². The quantitative estimate of drug-likeness (QED) is 0.746. The summed E-state index contributed by atoms with van der Waals surface area (Å²) in [5, 5.41) is 20.1. The van der Waals surface area contributed by atoms with Crippen LogP contribution in [-0.2, 0) is 0 Å². The maximum Gasteiger partial charge on any atom is 0.0591 e. The molecule has 0 saturated heterocycles. The SMILES string of the molecule is C=C(CCCC(C)(C)O)[C@H]1CC[C@H]2C(O)CCC[C@]12C. The van der Waals surface area contributed by atoms with E-state index in [9.17, 15) is 10.2 Å². The molecule has 2 aliphatic rings. The van der Waals surface area contributed by atoms with Gasteiger partial charge in [-0.3, -0.25) is 0 Å². The molecule has 0 aliphatic heterocycles. The van der Waals surface area contributed by atoms with E-state index in [2.05, 4.69) is 13.5 Å². The van der Waals surface area contributed by atoms with Gasteiger partial charge in [0.1, 0.15) is 0 Å². The van der Waals surface area contributed by atoms with Gasteiger partial charge in [0.05, 0.1) is 11.7 Å². The minimum atomic E-state index is -0.566. The molecule has 2 N–H and O–H groups in total. The number of allylic oxidation sites excluding steroid dienone is 1. The average Bonchev–Trinajstić information content (AvgIpc) is 2.66. The lowest BCUT2D eigenvalue weighted by molar-refractivity contribution is -0.0114. The van der Waals surface area contributed by atoms with E-state index in [0.717, 1.165) is 38.5 Å². The fraction of sp³-hybridized carbons (Fsp3) is 0.889. The lowest BCUT2D eigenvalue weighted by Gasteiger charge is -2.44. The van der Waals surface area contributed by atoms with E-state index in [4.69, 9.17) is 0 Å². The molecule has 0 spiro atoms. The zero-order valence-electron chi connectivity index (χ0n) is 13.5. The Morgan fingerprint density at radius 3 is 2.65 bits per heavy atom. The second kappa shape index (κ2) is 5.81. The van der Waals surface area contributed by atoms with Gasteiger partial charge in [-0.2, -0.15) is 0 Å². The van der Waals surface area contributed by atoms with Crippen molar-refractivity contribution in [3.8, 4) is 0 Å². The second-order valence-corrected chi connectivity index (χ2v) is 8.03. The van der Waals surface area contributed by atoms with Crippen LogP contribution in [0.1, 0.15) is 72.1 Å². The molecule has 2 rings (SSSR count). The van der Waals surface area contributed by atoms with Crippen molar-refractivity contribution in [2.24, 2.45) is 17.3 Å². The molecule has 0 heterocycles. The lowest BCUT2D eigenvalue weighted by Crippen LogP contribution is -2.40. The topological polar surface area (TPSA) is 40.5 Å². The Bertz CT molecular complexity index is 355. The lowest BCUT2D eigenvalue weighted by atomic mass is 9.62. The Morgan fingerprint density at radius 1 is 1.30 bits per heavy atom. The van der Waals surface area contributed by atoms with Crippen LogP contribution in [0.15, 0.2) is 12.2 Å². The van der Waals surface area contributed by atoms with Crippen LogP contribution in [0.3, 0.4) is 0 Å². The fourth-order valence-corrected chi connectivity index (χ4v) is 4.74. The van der Waals surface area contributed by atoms with E-state index < -0.39 is 5.60 Å². The summed E-state index contributed by atoms with van der Waals surface area (Å²) in [6.07, 6.45) is 8.51. The van der Waals surface area contributed by atoms with Crippen LogP contribution in [-0.4, -0.2) is 21.9 Å². The molecular weight excluding hydrogens is 248 g/mol. The minimum absolute atomic E-state index is 0.0945. The first-order chi connectivity index (χ1) is 9.24. The van der Waals surface area contributed by atoms with Crippen LogP contribution in [0, 0.1) is 17.3 Å². The molecule has 116 valence electrons. The molecule has 2 fully saturated rings. The van der Waals surface area contributed by atoms with Crippen LogP contribution in [0.5, 0.6) is 0 Å². The first kappa shape index (κ1) is 16.0. The summed E-state index contributed by atoms with van der Waals surface area (Å²) in [5.41, 5.74) is 1.06. The van der Waals surface area contributed by atoms with E-state index in [1.165, 1.54) is 18.4 Å². The number of aliphatic hydroxyl groups is 2. The summed E-state index contributed by atoms with van der Waals surface area (Å²) in [5.74, 6) is 1.05. The zero-order valence-corrected chi connectivity index (χ0v) is 13.5. The standard InChI is InChI=1S/C18H32O2/c1-13(7-5-11-17(2,3)20)14-9-10-15-16(19)8-6-12-18(14,15)4/h14-16,19-20H,1,5-12H2,2-4H3/t14-,15+,16?,18-/m1/s1. The maximum absolute atomic E-state index is 10.3. The van der Waals surface area contributed by atoms with Gasteiger partial charge in [-0.15, -0.1) is 0 Å². The molecule has 2 heteroatoms. The predicted molar refractivity (Wildman–Crippen MR) is 83.5 cm³/mol. The highest BCUT2D eigenvalue weighted by molar-refractivity contribution is 5.13. The van der Waals surface area contributed by atoms with Crippen molar-refractivity contribution in [2.75, 3.05) is 0 Å². The van der Waals surface area contributed by atoms with E-state index in [1.807, 2.05) is 13.8 Å². The molecule has 1 unspecified atom stereocenters. The smallest absolute Gasteiger partial charge is 0.0591 e. The van der Waals surface area contributed by atoms with E-state index in [0.29, 0.717) is 11.8 Å². The highest BCUT2D eigenvalue weighted by atomic mass is 16.3. The van der Waals surface area contributed by atoms with Gasteiger partial charge in [-0.1, -0.05) is 25.5 Å². The van der Waals surface area contributed by atoms with Gasteiger partial charge in [-0.05, 0) is 76.0 Å². The van der Waals surface area contributed by atoms with Crippen LogP contribution < -0.4 is 0 Å². The second-order valence-electron chi connectivity index (χ2n) is 8.03. The Balaban J connectivity index is 1.94. The van der Waals surface area contributed by atoms with Crippen molar-refractivity contribution in [3.63, 3.8) is 0 Å². The molecule has 2 aliphatic carbocycles. The van der Waals surface area contributed by atoms with Gasteiger partial charge in [0.15, 0.2) is 0 Å². The van der Waals surface area contributed by atoms with Gasteiger partial charge in [-0.25, -0.2) is 0 Å². The molecular formula is C18H32O2. The Kier molecular flexibility index (Phi) is 4.66. The summed E-state index contributed by atoms with van der Waals surface area (Å²) >= 11 is 0. The number of rotatable bonds is 5. The Labute approximate surface area is 124 Å². The molecule has 0 aromatic heterocycles. The normalized spacial score (nSPS) is 37.8. The van der Waals surface area contributed by atoms with Gasteiger partial charge in [0.25, 0.3) is 0 Å². The molecule has 4 atom stereocenters. The van der Waals surface area contributed by atoms with Gasteiger partial charge < -0.3 is 10.2 Å². The van der Waals surface area contributed by atoms with Crippen molar-refractivity contribution >= 4 is 0 Å². The summed E-state index contributed by atoms with van der Waals surface area (Å²) < 4.78 is 0. The van der Waals surface area contributed by atoms with Crippen molar-refractivity contribution < 1.29 is 10.2 Å². The summed E-state index contributed by atoms with van der Waals surface area (Å²) in [6, 6.07) is 0. The minimum Gasteiger partial charge on any atom is -0.393 e. The highest BCUT2D eigenvalue weighted by Crippen LogP contribution is 2.57. The predicted octanol–water partition coefficient (Wildman–Crippen LogP) is 4.06. The molecule has 0 aromatic carbocycles. The Hall–Kier alpha value is -0.340. The van der Waals surface area contributed by atoms with Crippen molar-refractivity contribution in [1.82, 2.24) is 0 Å². The van der Waals surface area contributed by atoms with E-state index >= 15 is 0 Å². The summed E-state index contributed by atoms with van der Waals surface area (Å²) in [4.78, 5) is 0. The number of aliphatic hydroxyl groups excluding tert-OH is 1. The average molecular weight is 280 g/mol. The van der Waals surface area contributed by atoms with Crippen LogP contribution >= 0.6 is 0 Å². The summed E-state index contributed by atoms with van der Waals surface area (Å²) in [6.45, 7) is 10.5. The summed E-state index contributed by atoms with van der Waals surface area (Å²) in [7, 11) is 0. The molecule has 2 nitrogen and oxygen atoms in total. The largest absolute Gasteiger partial charge is 0.393 e. The molecule has 20 heavy (non-hydrogen) atoms. The van der Waals surface area contributed by atoms with Crippen molar-refractivity contribution in [2.45, 2.75) is 83.8 Å². The first-order valence-electron chi connectivity index (χ1n) is 8.32. The Morgan fingerprint density at radius 2 is 2.00 bits per heavy atom. The third-order valence-electron chi connectivity index (χ3n) is 5.87. The first-order valence-corrected chi connectivity index (χ1v) is 8.32. The van der Waals surface area contributed by atoms with Gasteiger partial charge >= 0.3 is 0 Å². The van der Waals surface area contributed by atoms with Crippen molar-refractivity contribution in [3.05, 3.63) is 12.2 Å². The van der Waals surface area contributed by atoms with E-state index in [-0.39, 0.29) is 11.5 Å². The molecule has 0 radical (unpaired) electrons. The maximum atomic E-state index is 10.3. The number of fused-ring (bicyclic) bond motifs is 1. The van der Waals surface area contributed by atoms with Gasteiger partial charge in [0, 0.05) is 0 Å². The third-order valence-corrected chi connectivity index (χ3v) is 5.87. The fourth-order valence-electron chi connectivity index (χ4n) is 4.74. The van der Waals surface area contributed by atoms with Gasteiger partial charge in [0.2, 0.25) is 0 Å². The highest BCUT2D eigenvalue weighted by Gasteiger charge is 2.51. The molecule has 0 amide bonds. The number of hydrogen-bond donors (Lipinski definition) is 2. The van der Waals surface area contributed by atoms with Crippen LogP contribution in [0.4, 0.5) is 0 Å². The zero-order chi connectivity index (χ0) is 15.0. The molecule has 0 aromatic rings. The van der Waals surface area contributed by atoms with Crippen LogP contribution in [0.2, 0.25) is 0 Å².